The summed E-state index contributed by atoms with van der Waals surface area (Å²) >= 11 is 0. The van der Waals surface area contributed by atoms with E-state index in [9.17, 15) is 13.2 Å². The average Bonchev–Trinajstić information content (AvgIpc) is 1.65. The molecule has 0 amide bonds. The predicted octanol–water partition coefficient (Wildman–Crippen LogP) is -1.18. The summed E-state index contributed by atoms with van der Waals surface area (Å²) in [5.41, 5.74) is 0. The fourth-order valence-electron chi connectivity index (χ4n) is 0.148. The van der Waals surface area contributed by atoms with Crippen LogP contribution in [-0.4, -0.2) is 43.9 Å². The third-order valence-corrected chi connectivity index (χ3v) is 0.818. The topological polar surface area (TPSA) is 60.4 Å². The maximum absolute atomic E-state index is 10.0. The van der Waals surface area contributed by atoms with Gasteiger partial charge in [-0.3, -0.25) is 4.79 Å². The molecule has 0 aliphatic heterocycles. The van der Waals surface area contributed by atoms with Crippen molar-refractivity contribution < 1.29 is 17.4 Å². The first-order valence-corrected chi connectivity index (χ1v) is 3.11. The molecule has 9 heavy (non-hydrogen) atoms. The van der Waals surface area contributed by atoms with E-state index in [2.05, 4.69) is 4.18 Å². The van der Waals surface area contributed by atoms with Crippen molar-refractivity contribution in [3.05, 3.63) is 0 Å². The molecule has 0 saturated carbocycles. The molecule has 0 aromatic carbocycles. The second-order valence-corrected chi connectivity index (χ2v) is 1.67. The fraction of sp³-hybridized carbons (Fsp3) is 0.667. The third-order valence-electron chi connectivity index (χ3n) is 0.465. The molecule has 0 aromatic heterocycles. The van der Waals surface area contributed by atoms with Crippen LogP contribution in [0.1, 0.15) is 13.3 Å². The second-order valence-electron chi connectivity index (χ2n) is 1.04. The van der Waals surface area contributed by atoms with E-state index in [0.29, 0.717) is 0 Å². The van der Waals surface area contributed by atoms with Crippen molar-refractivity contribution in [1.82, 2.24) is 0 Å². The number of hydrogen-bond donors (Lipinski definition) is 1. The van der Waals surface area contributed by atoms with Gasteiger partial charge in [0, 0.05) is 6.42 Å². The molecule has 0 rings (SSSR count). The fourth-order valence-corrected chi connectivity index (χ4v) is 0.443. The van der Waals surface area contributed by atoms with Gasteiger partial charge in [-0.2, -0.15) is 8.42 Å². The molecule has 0 unspecified atom stereocenters. The Labute approximate surface area is 77.0 Å². The van der Waals surface area contributed by atoms with Gasteiger partial charge in [-0.25, -0.2) is 0 Å². The number of thiol groups is 1. The number of carbonyl (C=O) groups excluding carboxylic acids is 1. The first kappa shape index (κ1) is 12.1. The quantitative estimate of drug-likeness (QED) is 0.410. The van der Waals surface area contributed by atoms with Gasteiger partial charge in [-0.15, -0.1) is 0 Å². The Morgan fingerprint density at radius 3 is 2.11 bits per heavy atom. The van der Waals surface area contributed by atoms with E-state index >= 15 is 0 Å². The Morgan fingerprint density at radius 2 is 2.00 bits per heavy atom. The molecule has 6 heteroatoms. The van der Waals surface area contributed by atoms with Crippen LogP contribution in [0.15, 0.2) is 0 Å². The zero-order valence-electron chi connectivity index (χ0n) is 4.29. The minimum atomic E-state index is -3.00. The van der Waals surface area contributed by atoms with E-state index < -0.39 is 17.0 Å². The Hall–Kier alpha value is 0.420. The van der Waals surface area contributed by atoms with Crippen LogP contribution in [-0.2, 0) is 20.0 Å². The van der Waals surface area contributed by atoms with E-state index in [4.69, 9.17) is 0 Å². The molecule has 0 aliphatic rings. The van der Waals surface area contributed by atoms with E-state index in [1.165, 1.54) is 6.92 Å². The van der Waals surface area contributed by atoms with Gasteiger partial charge in [0.1, 0.15) is 0 Å². The number of carbonyl (C=O) groups is 1. The molecule has 0 heterocycles. The van der Waals surface area contributed by atoms with E-state index in [-0.39, 0.29) is 36.0 Å². The normalized spacial score (nSPS) is 8.22. The summed E-state index contributed by atoms with van der Waals surface area (Å²) in [6, 6.07) is 0. The van der Waals surface area contributed by atoms with Gasteiger partial charge in [-0.1, -0.05) is 6.92 Å². The van der Waals surface area contributed by atoms with Crippen molar-refractivity contribution in [3.63, 3.8) is 0 Å². The first-order valence-electron chi connectivity index (χ1n) is 2.02. The molecule has 0 radical (unpaired) electrons. The Bertz CT molecular complexity index is 144. The van der Waals surface area contributed by atoms with Gasteiger partial charge < -0.3 is 4.18 Å². The zero-order valence-corrected chi connectivity index (χ0v) is 5.18. The van der Waals surface area contributed by atoms with Crippen LogP contribution in [0.25, 0.3) is 0 Å². The molecule has 0 bridgehead atoms. The molecule has 0 spiro atoms. The second kappa shape index (κ2) is 6.54. The standard InChI is InChI=1S/C3H6O4S.Na.H/c1-2-3(4)7-8(5)6;;/h8H,2H2,1H3;;. The molecule has 4 nitrogen and oxygen atoms in total. The van der Waals surface area contributed by atoms with Crippen molar-refractivity contribution in [2.75, 3.05) is 0 Å². The van der Waals surface area contributed by atoms with Crippen LogP contribution in [0.2, 0.25) is 0 Å². The summed E-state index contributed by atoms with van der Waals surface area (Å²) in [6.07, 6.45) is 0.0866. The van der Waals surface area contributed by atoms with Crippen molar-refractivity contribution in [1.29, 1.82) is 0 Å². The molecule has 0 N–H and O–H groups in total. The Balaban J connectivity index is 0. The molecule has 0 saturated heterocycles. The molecular formula is C3H7NaO4S. The number of rotatable bonds is 2. The molecule has 0 fully saturated rings. The maximum atomic E-state index is 10.0. The van der Waals surface area contributed by atoms with Crippen LogP contribution in [0.4, 0.5) is 0 Å². The van der Waals surface area contributed by atoms with Crippen LogP contribution in [0, 0.1) is 0 Å². The van der Waals surface area contributed by atoms with Gasteiger partial charge in [-0.05, 0) is 0 Å². The number of hydrogen-bond acceptors (Lipinski definition) is 4. The van der Waals surface area contributed by atoms with Crippen molar-refractivity contribution >= 4 is 46.5 Å². The van der Waals surface area contributed by atoms with E-state index in [0.717, 1.165) is 0 Å². The monoisotopic (exact) mass is 162 g/mol. The summed E-state index contributed by atoms with van der Waals surface area (Å²) in [5.74, 6) is -0.721. The van der Waals surface area contributed by atoms with Crippen molar-refractivity contribution in [2.45, 2.75) is 13.3 Å². The van der Waals surface area contributed by atoms with Crippen molar-refractivity contribution in [2.24, 2.45) is 0 Å². The minimum absolute atomic E-state index is 0. The van der Waals surface area contributed by atoms with Gasteiger partial charge in [0.2, 0.25) is 0 Å². The molecule has 0 aromatic rings. The average molecular weight is 162 g/mol. The van der Waals surface area contributed by atoms with Gasteiger partial charge in [0.05, 0.1) is 0 Å². The third kappa shape index (κ3) is 8.42. The summed E-state index contributed by atoms with van der Waals surface area (Å²) < 4.78 is 22.8. The zero-order chi connectivity index (χ0) is 6.57. The first-order chi connectivity index (χ1) is 3.66. The molecule has 0 aliphatic carbocycles. The van der Waals surface area contributed by atoms with Crippen LogP contribution in [0.3, 0.4) is 0 Å². The van der Waals surface area contributed by atoms with Crippen LogP contribution in [0.5, 0.6) is 0 Å². The summed E-state index contributed by atoms with van der Waals surface area (Å²) in [6.45, 7) is 1.52. The van der Waals surface area contributed by atoms with Gasteiger partial charge in [0.15, 0.2) is 0 Å². The van der Waals surface area contributed by atoms with Crippen LogP contribution < -0.4 is 0 Å². The molecular weight excluding hydrogens is 155 g/mol. The summed E-state index contributed by atoms with van der Waals surface area (Å²) in [4.78, 5) is 10.0. The molecule has 0 atom stereocenters. The van der Waals surface area contributed by atoms with Gasteiger partial charge >= 0.3 is 46.5 Å². The van der Waals surface area contributed by atoms with E-state index in [1.54, 1.807) is 0 Å². The SMILES string of the molecule is CCC(=O)O[SH](=O)=O.[NaH]. The Kier molecular flexibility index (Phi) is 8.81. The summed E-state index contributed by atoms with van der Waals surface area (Å²) in [7, 11) is -3.00. The molecule has 50 valence electrons. The van der Waals surface area contributed by atoms with Crippen LogP contribution >= 0.6 is 0 Å². The predicted molar refractivity (Wildman–Crippen MR) is 33.8 cm³/mol. The van der Waals surface area contributed by atoms with E-state index in [1.807, 2.05) is 0 Å². The Morgan fingerprint density at radius 1 is 1.56 bits per heavy atom. The van der Waals surface area contributed by atoms with Crippen molar-refractivity contribution in [3.8, 4) is 0 Å². The van der Waals surface area contributed by atoms with Gasteiger partial charge in [0.25, 0.3) is 0 Å². The summed E-state index contributed by atoms with van der Waals surface area (Å²) in [5, 5.41) is 0.